The van der Waals surface area contributed by atoms with Gasteiger partial charge in [0, 0.05) is 18.7 Å². The Kier molecular flexibility index (Phi) is 4.34. The summed E-state index contributed by atoms with van der Waals surface area (Å²) in [5.74, 6) is 0.879. The van der Waals surface area contributed by atoms with Gasteiger partial charge in [-0.05, 0) is 24.3 Å². The van der Waals surface area contributed by atoms with Gasteiger partial charge in [-0.3, -0.25) is 0 Å². The molecule has 122 valence electrons. The number of benzene rings is 1. The minimum absolute atomic E-state index is 0.309. The average Bonchev–Trinajstić information content (AvgIpc) is 2.50. The van der Waals surface area contributed by atoms with Gasteiger partial charge in [0.25, 0.3) is 0 Å². The topological polar surface area (TPSA) is 67.9 Å². The van der Waals surface area contributed by atoms with E-state index in [0.717, 1.165) is 25.9 Å². The number of rotatable bonds is 2. The third kappa shape index (κ3) is 3.35. The van der Waals surface area contributed by atoms with Crippen LogP contribution in [0.2, 0.25) is 10.0 Å². The molecule has 0 spiro atoms. The fraction of sp³-hybridized carbons (Fsp3) is 0.438. The summed E-state index contributed by atoms with van der Waals surface area (Å²) < 4.78 is 0. The van der Waals surface area contributed by atoms with Gasteiger partial charge in [0.2, 0.25) is 5.95 Å². The van der Waals surface area contributed by atoms with Gasteiger partial charge in [0.15, 0.2) is 5.82 Å². The van der Waals surface area contributed by atoms with Gasteiger partial charge < -0.3 is 10.6 Å². The first-order chi connectivity index (χ1) is 10.9. The van der Waals surface area contributed by atoms with Crippen molar-refractivity contribution in [2.24, 2.45) is 5.41 Å². The average molecular weight is 352 g/mol. The maximum absolute atomic E-state index is 6.23. The monoisotopic (exact) mass is 351 g/mol. The lowest BCUT2D eigenvalue weighted by molar-refractivity contribution is 0.278. The van der Waals surface area contributed by atoms with E-state index in [0.29, 0.717) is 38.5 Å². The van der Waals surface area contributed by atoms with Crippen LogP contribution in [0.15, 0.2) is 18.2 Å². The zero-order valence-electron chi connectivity index (χ0n) is 13.2. The minimum Gasteiger partial charge on any atom is -0.382 e. The summed E-state index contributed by atoms with van der Waals surface area (Å²) in [5, 5.41) is 9.34. The first-order valence-electron chi connectivity index (χ1n) is 7.57. The zero-order chi connectivity index (χ0) is 16.6. The smallest absolute Gasteiger partial charge is 0.247 e. The first kappa shape index (κ1) is 16.3. The van der Waals surface area contributed by atoms with E-state index >= 15 is 0 Å². The molecule has 1 saturated heterocycles. The SMILES string of the molecule is CC1(C)CCN(c2nnc(-c3cccc(Cl)c3Cl)c(N)n2)CC1. The fourth-order valence-corrected chi connectivity index (χ4v) is 3.04. The molecule has 3 rings (SSSR count). The normalized spacial score (nSPS) is 17.3. The molecule has 7 heteroatoms. The Balaban J connectivity index is 1.88. The fourth-order valence-electron chi connectivity index (χ4n) is 2.65. The molecule has 0 aliphatic carbocycles. The molecule has 0 atom stereocenters. The van der Waals surface area contributed by atoms with Gasteiger partial charge in [-0.15, -0.1) is 10.2 Å². The first-order valence-corrected chi connectivity index (χ1v) is 8.32. The van der Waals surface area contributed by atoms with Crippen molar-refractivity contribution in [3.05, 3.63) is 28.2 Å². The lowest BCUT2D eigenvalue weighted by atomic mass is 9.83. The van der Waals surface area contributed by atoms with E-state index in [2.05, 4.69) is 33.9 Å². The van der Waals surface area contributed by atoms with E-state index in [1.165, 1.54) is 0 Å². The molecule has 1 aliphatic rings. The molecule has 1 fully saturated rings. The van der Waals surface area contributed by atoms with Gasteiger partial charge in [0.1, 0.15) is 5.69 Å². The maximum Gasteiger partial charge on any atom is 0.247 e. The van der Waals surface area contributed by atoms with Crippen LogP contribution in [0.5, 0.6) is 0 Å². The molecule has 23 heavy (non-hydrogen) atoms. The summed E-state index contributed by atoms with van der Waals surface area (Å²) in [6, 6.07) is 5.32. The van der Waals surface area contributed by atoms with Crippen LogP contribution in [0.3, 0.4) is 0 Å². The molecule has 1 aromatic heterocycles. The highest BCUT2D eigenvalue weighted by molar-refractivity contribution is 6.43. The van der Waals surface area contributed by atoms with E-state index < -0.39 is 0 Å². The predicted octanol–water partition coefficient (Wildman–Crippen LogP) is 4.05. The Morgan fingerprint density at radius 1 is 1.13 bits per heavy atom. The van der Waals surface area contributed by atoms with Crippen molar-refractivity contribution < 1.29 is 0 Å². The van der Waals surface area contributed by atoms with Gasteiger partial charge in [-0.2, -0.15) is 4.98 Å². The molecule has 0 bridgehead atoms. The zero-order valence-corrected chi connectivity index (χ0v) is 14.7. The van der Waals surface area contributed by atoms with Gasteiger partial charge in [-0.1, -0.05) is 49.2 Å². The van der Waals surface area contributed by atoms with E-state index in [4.69, 9.17) is 28.9 Å². The molecule has 2 heterocycles. The summed E-state index contributed by atoms with van der Waals surface area (Å²) in [6.45, 7) is 6.38. The van der Waals surface area contributed by atoms with Crippen LogP contribution < -0.4 is 10.6 Å². The molecule has 1 aromatic carbocycles. The number of nitrogens with zero attached hydrogens (tertiary/aromatic N) is 4. The van der Waals surface area contributed by atoms with Crippen LogP contribution >= 0.6 is 23.2 Å². The summed E-state index contributed by atoms with van der Waals surface area (Å²) in [6.07, 6.45) is 2.19. The number of aromatic nitrogens is 3. The molecular weight excluding hydrogens is 333 g/mol. The Morgan fingerprint density at radius 3 is 2.48 bits per heavy atom. The third-order valence-corrected chi connectivity index (χ3v) is 5.13. The predicted molar refractivity (Wildman–Crippen MR) is 94.9 cm³/mol. The van der Waals surface area contributed by atoms with Crippen molar-refractivity contribution in [2.45, 2.75) is 26.7 Å². The summed E-state index contributed by atoms with van der Waals surface area (Å²) >= 11 is 12.3. The van der Waals surface area contributed by atoms with Gasteiger partial charge in [0.05, 0.1) is 10.0 Å². The summed E-state index contributed by atoms with van der Waals surface area (Å²) in [7, 11) is 0. The number of anilines is 2. The van der Waals surface area contributed by atoms with Crippen LogP contribution in [-0.2, 0) is 0 Å². The van der Waals surface area contributed by atoms with Gasteiger partial charge in [-0.25, -0.2) is 0 Å². The highest BCUT2D eigenvalue weighted by Gasteiger charge is 2.27. The molecule has 0 radical (unpaired) electrons. The second-order valence-corrected chi connectivity index (χ2v) is 7.38. The van der Waals surface area contributed by atoms with Crippen LogP contribution in [0.4, 0.5) is 11.8 Å². The number of hydrogen-bond acceptors (Lipinski definition) is 5. The maximum atomic E-state index is 6.23. The Labute approximate surface area is 145 Å². The highest BCUT2D eigenvalue weighted by atomic mass is 35.5. The molecule has 2 aromatic rings. The van der Waals surface area contributed by atoms with Crippen molar-refractivity contribution in [2.75, 3.05) is 23.7 Å². The van der Waals surface area contributed by atoms with Crippen LogP contribution in [0.1, 0.15) is 26.7 Å². The number of nitrogen functional groups attached to an aromatic ring is 1. The van der Waals surface area contributed by atoms with E-state index in [-0.39, 0.29) is 0 Å². The van der Waals surface area contributed by atoms with Gasteiger partial charge >= 0.3 is 0 Å². The van der Waals surface area contributed by atoms with Crippen molar-refractivity contribution in [3.63, 3.8) is 0 Å². The number of halogens is 2. The van der Waals surface area contributed by atoms with Crippen molar-refractivity contribution >= 4 is 35.0 Å². The lowest BCUT2D eigenvalue weighted by Gasteiger charge is -2.36. The molecular formula is C16H19Cl2N5. The number of nitrogens with two attached hydrogens (primary N) is 1. The van der Waals surface area contributed by atoms with Crippen molar-refractivity contribution in [3.8, 4) is 11.3 Å². The lowest BCUT2D eigenvalue weighted by Crippen LogP contribution is -2.38. The molecule has 0 unspecified atom stereocenters. The van der Waals surface area contributed by atoms with Crippen LogP contribution in [0.25, 0.3) is 11.3 Å². The van der Waals surface area contributed by atoms with Crippen molar-refractivity contribution in [1.82, 2.24) is 15.2 Å². The Bertz CT molecular complexity index is 722. The summed E-state index contributed by atoms with van der Waals surface area (Å²) in [5.41, 5.74) is 7.55. The number of piperidine rings is 1. The van der Waals surface area contributed by atoms with E-state index in [1.54, 1.807) is 18.2 Å². The molecule has 5 nitrogen and oxygen atoms in total. The van der Waals surface area contributed by atoms with E-state index in [9.17, 15) is 0 Å². The second kappa shape index (κ2) is 6.13. The van der Waals surface area contributed by atoms with Crippen LogP contribution in [0, 0.1) is 5.41 Å². The molecule has 1 aliphatic heterocycles. The Morgan fingerprint density at radius 2 is 1.83 bits per heavy atom. The second-order valence-electron chi connectivity index (χ2n) is 6.60. The molecule has 0 saturated carbocycles. The quantitative estimate of drug-likeness (QED) is 0.883. The minimum atomic E-state index is 0.309. The van der Waals surface area contributed by atoms with Crippen LogP contribution in [-0.4, -0.2) is 28.3 Å². The summed E-state index contributed by atoms with van der Waals surface area (Å²) in [4.78, 5) is 6.54. The largest absolute Gasteiger partial charge is 0.382 e. The van der Waals surface area contributed by atoms with Crippen molar-refractivity contribution in [1.29, 1.82) is 0 Å². The number of hydrogen-bond donors (Lipinski definition) is 1. The molecule has 0 amide bonds. The third-order valence-electron chi connectivity index (χ3n) is 4.31. The highest BCUT2D eigenvalue weighted by Crippen LogP contribution is 2.35. The Hall–Kier alpha value is -1.59. The standard InChI is InChI=1S/C16H19Cl2N5/c1-16(2)6-8-23(9-7-16)15-20-14(19)13(21-22-15)10-4-3-5-11(17)12(10)18/h3-5H,6-9H2,1-2H3,(H2,19,20,22). The van der Waals surface area contributed by atoms with E-state index in [1.807, 2.05) is 0 Å². The molecule has 2 N–H and O–H groups in total.